The Bertz CT molecular complexity index is 673. The maximum Gasteiger partial charge on any atom is 0.230 e. The Balaban J connectivity index is 2.00. The lowest BCUT2D eigenvalue weighted by molar-refractivity contribution is -0.117. The molecule has 2 aromatic rings. The highest BCUT2D eigenvalue weighted by molar-refractivity contribution is 7.22. The molecule has 1 aliphatic rings. The summed E-state index contributed by atoms with van der Waals surface area (Å²) in [5, 5.41) is 1.35. The molecular formula is C13H9ClN2OS. The summed E-state index contributed by atoms with van der Waals surface area (Å²) in [7, 11) is 0. The predicted molar refractivity (Wildman–Crippen MR) is 73.9 cm³/mol. The van der Waals surface area contributed by atoms with Crippen molar-refractivity contribution in [3.8, 4) is 12.3 Å². The average molecular weight is 277 g/mol. The number of halogens is 1. The standard InChI is InChI=1S/C13H9ClN2OS/c1-2-8-5-12(17)16(7-8)13-15-10-6-9(14)3-4-11(10)18-13/h1,3-4,6,8H,5,7H2. The van der Waals surface area contributed by atoms with Crippen molar-refractivity contribution in [1.29, 1.82) is 0 Å². The van der Waals surface area contributed by atoms with E-state index in [-0.39, 0.29) is 11.8 Å². The maximum atomic E-state index is 11.9. The number of amides is 1. The number of carbonyl (C=O) groups is 1. The molecule has 3 rings (SSSR count). The molecule has 1 unspecified atom stereocenters. The minimum atomic E-state index is -0.00639. The number of aromatic nitrogens is 1. The number of thiazole rings is 1. The van der Waals surface area contributed by atoms with Crippen LogP contribution in [0.4, 0.5) is 5.13 Å². The van der Waals surface area contributed by atoms with Gasteiger partial charge >= 0.3 is 0 Å². The molecule has 0 aliphatic carbocycles. The second-order valence-corrected chi connectivity index (χ2v) is 5.63. The Morgan fingerprint density at radius 1 is 1.56 bits per heavy atom. The Morgan fingerprint density at radius 2 is 2.39 bits per heavy atom. The number of nitrogens with zero attached hydrogens (tertiary/aromatic N) is 2. The largest absolute Gasteiger partial charge is 0.287 e. The number of carbonyl (C=O) groups excluding carboxylic acids is 1. The van der Waals surface area contributed by atoms with Gasteiger partial charge in [0.1, 0.15) is 0 Å². The molecular weight excluding hydrogens is 268 g/mol. The Morgan fingerprint density at radius 3 is 3.11 bits per heavy atom. The van der Waals surface area contributed by atoms with Gasteiger partial charge < -0.3 is 0 Å². The molecule has 90 valence electrons. The summed E-state index contributed by atoms with van der Waals surface area (Å²) >= 11 is 7.41. The Kier molecular flexibility index (Phi) is 2.73. The highest BCUT2D eigenvalue weighted by atomic mass is 35.5. The van der Waals surface area contributed by atoms with E-state index in [0.717, 1.165) is 10.2 Å². The number of benzene rings is 1. The molecule has 3 nitrogen and oxygen atoms in total. The van der Waals surface area contributed by atoms with E-state index in [4.69, 9.17) is 18.0 Å². The normalized spacial score (nSPS) is 19.4. The van der Waals surface area contributed by atoms with Crippen molar-refractivity contribution in [2.75, 3.05) is 11.4 Å². The van der Waals surface area contributed by atoms with E-state index in [9.17, 15) is 4.79 Å². The van der Waals surface area contributed by atoms with Crippen LogP contribution in [-0.4, -0.2) is 17.4 Å². The van der Waals surface area contributed by atoms with Crippen LogP contribution in [-0.2, 0) is 4.79 Å². The fraction of sp³-hybridized carbons (Fsp3) is 0.231. The predicted octanol–water partition coefficient (Wildman–Crippen LogP) is 2.94. The number of hydrogen-bond acceptors (Lipinski definition) is 3. The second kappa shape index (κ2) is 4.27. The van der Waals surface area contributed by atoms with Crippen molar-refractivity contribution in [3.05, 3.63) is 23.2 Å². The van der Waals surface area contributed by atoms with Gasteiger partial charge in [0.2, 0.25) is 5.91 Å². The lowest BCUT2D eigenvalue weighted by atomic mass is 10.1. The quantitative estimate of drug-likeness (QED) is 0.751. The zero-order chi connectivity index (χ0) is 12.7. The van der Waals surface area contributed by atoms with Gasteiger partial charge in [0.25, 0.3) is 0 Å². The zero-order valence-electron chi connectivity index (χ0n) is 9.39. The fourth-order valence-electron chi connectivity index (χ4n) is 2.01. The first-order valence-electron chi connectivity index (χ1n) is 5.50. The zero-order valence-corrected chi connectivity index (χ0v) is 11.0. The molecule has 1 atom stereocenters. The Labute approximate surface area is 113 Å². The van der Waals surface area contributed by atoms with Crippen LogP contribution in [0, 0.1) is 18.3 Å². The van der Waals surface area contributed by atoms with Crippen molar-refractivity contribution in [2.24, 2.45) is 5.92 Å². The van der Waals surface area contributed by atoms with Gasteiger partial charge in [-0.2, -0.15) is 0 Å². The van der Waals surface area contributed by atoms with Crippen LogP contribution in [0.2, 0.25) is 5.02 Å². The summed E-state index contributed by atoms with van der Waals surface area (Å²) in [6.07, 6.45) is 5.78. The summed E-state index contributed by atoms with van der Waals surface area (Å²) in [5.41, 5.74) is 0.819. The molecule has 1 aromatic carbocycles. The summed E-state index contributed by atoms with van der Waals surface area (Å²) in [6.45, 7) is 0.558. The summed E-state index contributed by atoms with van der Waals surface area (Å²) in [6, 6.07) is 5.54. The molecule has 0 bridgehead atoms. The molecule has 1 amide bonds. The van der Waals surface area contributed by atoms with E-state index in [0.29, 0.717) is 23.1 Å². The van der Waals surface area contributed by atoms with Crippen LogP contribution in [0.5, 0.6) is 0 Å². The molecule has 18 heavy (non-hydrogen) atoms. The van der Waals surface area contributed by atoms with E-state index >= 15 is 0 Å². The van der Waals surface area contributed by atoms with Crippen molar-refractivity contribution in [1.82, 2.24) is 4.98 Å². The molecule has 1 saturated heterocycles. The number of hydrogen-bond donors (Lipinski definition) is 0. The minimum Gasteiger partial charge on any atom is -0.287 e. The molecule has 1 aromatic heterocycles. The maximum absolute atomic E-state index is 11.9. The number of fused-ring (bicyclic) bond motifs is 1. The number of anilines is 1. The molecule has 2 heterocycles. The molecule has 0 radical (unpaired) electrons. The Hall–Kier alpha value is -1.57. The minimum absolute atomic E-state index is 0.00639. The summed E-state index contributed by atoms with van der Waals surface area (Å²) < 4.78 is 1.02. The van der Waals surface area contributed by atoms with Crippen molar-refractivity contribution in [2.45, 2.75) is 6.42 Å². The highest BCUT2D eigenvalue weighted by Crippen LogP contribution is 2.33. The van der Waals surface area contributed by atoms with Crippen molar-refractivity contribution in [3.63, 3.8) is 0 Å². The molecule has 1 fully saturated rings. The van der Waals surface area contributed by atoms with Crippen LogP contribution in [0.1, 0.15) is 6.42 Å². The van der Waals surface area contributed by atoms with E-state index in [1.165, 1.54) is 11.3 Å². The topological polar surface area (TPSA) is 33.2 Å². The van der Waals surface area contributed by atoms with E-state index in [1.54, 1.807) is 11.0 Å². The van der Waals surface area contributed by atoms with Gasteiger partial charge in [-0.3, -0.25) is 9.69 Å². The van der Waals surface area contributed by atoms with E-state index in [2.05, 4.69) is 10.9 Å². The number of rotatable bonds is 1. The summed E-state index contributed by atoms with van der Waals surface area (Å²) in [5.74, 6) is 2.67. The third-order valence-corrected chi connectivity index (χ3v) is 4.22. The average Bonchev–Trinajstić information content (AvgIpc) is 2.91. The van der Waals surface area contributed by atoms with Crippen LogP contribution in [0.3, 0.4) is 0 Å². The van der Waals surface area contributed by atoms with E-state index < -0.39 is 0 Å². The lowest BCUT2D eigenvalue weighted by Crippen LogP contribution is -2.24. The van der Waals surface area contributed by atoms with Gasteiger partial charge in [-0.05, 0) is 18.2 Å². The van der Waals surface area contributed by atoms with Gasteiger partial charge in [-0.15, -0.1) is 12.3 Å². The third kappa shape index (κ3) is 1.86. The van der Waals surface area contributed by atoms with Crippen molar-refractivity contribution < 1.29 is 4.79 Å². The number of terminal acetylenes is 1. The molecule has 0 N–H and O–H groups in total. The third-order valence-electron chi connectivity index (χ3n) is 2.93. The van der Waals surface area contributed by atoms with Gasteiger partial charge in [-0.25, -0.2) is 4.98 Å². The van der Waals surface area contributed by atoms with Crippen LogP contribution < -0.4 is 4.90 Å². The van der Waals surface area contributed by atoms with Crippen LogP contribution in [0.25, 0.3) is 10.2 Å². The first-order chi connectivity index (χ1) is 8.67. The molecule has 0 saturated carbocycles. The first kappa shape index (κ1) is 11.5. The van der Waals surface area contributed by atoms with Gasteiger partial charge in [0.15, 0.2) is 5.13 Å². The van der Waals surface area contributed by atoms with Crippen LogP contribution in [0.15, 0.2) is 18.2 Å². The van der Waals surface area contributed by atoms with Crippen molar-refractivity contribution >= 4 is 44.2 Å². The van der Waals surface area contributed by atoms with Gasteiger partial charge in [0, 0.05) is 23.9 Å². The smallest absolute Gasteiger partial charge is 0.230 e. The fourth-order valence-corrected chi connectivity index (χ4v) is 3.15. The SMILES string of the molecule is C#CC1CC(=O)N(c2nc3cc(Cl)ccc3s2)C1. The monoisotopic (exact) mass is 276 g/mol. The lowest BCUT2D eigenvalue weighted by Gasteiger charge is -2.10. The first-order valence-corrected chi connectivity index (χ1v) is 6.69. The van der Waals surface area contributed by atoms with Gasteiger partial charge in [0.05, 0.1) is 10.2 Å². The van der Waals surface area contributed by atoms with E-state index in [1.807, 2.05) is 12.1 Å². The molecule has 1 aliphatic heterocycles. The van der Waals surface area contributed by atoms with Gasteiger partial charge in [-0.1, -0.05) is 22.9 Å². The summed E-state index contributed by atoms with van der Waals surface area (Å²) in [4.78, 5) is 18.0. The molecule has 0 spiro atoms. The van der Waals surface area contributed by atoms with Crippen LogP contribution >= 0.6 is 22.9 Å². The second-order valence-electron chi connectivity index (χ2n) is 4.18. The highest BCUT2D eigenvalue weighted by Gasteiger charge is 2.31. The molecule has 5 heteroatoms.